The Labute approximate surface area is 175 Å². The van der Waals surface area contributed by atoms with Crippen molar-refractivity contribution in [3.63, 3.8) is 0 Å². The number of carbonyl (C=O) groups is 1. The molecule has 0 aliphatic rings. The molecular formula is C25H24N2OS. The molecule has 0 saturated carbocycles. The molecule has 1 aromatic heterocycles. The molecule has 0 atom stereocenters. The maximum absolute atomic E-state index is 12.4. The zero-order valence-electron chi connectivity index (χ0n) is 16.7. The van der Waals surface area contributed by atoms with Crippen LogP contribution in [-0.2, 0) is 11.2 Å². The highest BCUT2D eigenvalue weighted by atomic mass is 32.2. The molecule has 0 fully saturated rings. The first-order valence-corrected chi connectivity index (χ1v) is 10.6. The molecule has 4 aromatic rings. The quantitative estimate of drug-likeness (QED) is 0.388. The zero-order valence-corrected chi connectivity index (χ0v) is 17.5. The van der Waals surface area contributed by atoms with E-state index in [1.165, 1.54) is 27.0 Å². The van der Waals surface area contributed by atoms with E-state index in [2.05, 4.69) is 66.6 Å². The molecule has 146 valence electrons. The Morgan fingerprint density at radius 2 is 1.79 bits per heavy atom. The third-order valence-electron chi connectivity index (χ3n) is 4.99. The Kier molecular flexibility index (Phi) is 5.72. The smallest absolute Gasteiger partial charge is 0.224 e. The first-order chi connectivity index (χ1) is 14.1. The second-order valence-electron chi connectivity index (χ2n) is 7.30. The minimum absolute atomic E-state index is 0.0325. The van der Waals surface area contributed by atoms with Gasteiger partial charge in [-0.15, -0.1) is 0 Å². The molecule has 4 rings (SSSR count). The standard InChI is InChI=1S/C25H24N2OS/c1-17-7-13-24(18(2)15-17)29-21-11-9-20(10-12-21)27-25(28)14-8-19-16-26-23-6-4-3-5-22(19)23/h3-7,9-13,15-16,26H,8,14H2,1-2H3,(H,27,28). The molecule has 0 bridgehead atoms. The van der Waals surface area contributed by atoms with Crippen molar-refractivity contribution in [2.45, 2.75) is 36.5 Å². The molecule has 0 saturated heterocycles. The van der Waals surface area contributed by atoms with Gasteiger partial charge >= 0.3 is 0 Å². The minimum Gasteiger partial charge on any atom is -0.361 e. The molecule has 3 aromatic carbocycles. The van der Waals surface area contributed by atoms with Gasteiger partial charge in [0, 0.05) is 39.0 Å². The number of carbonyl (C=O) groups excluding carboxylic acids is 1. The zero-order chi connectivity index (χ0) is 20.2. The highest BCUT2D eigenvalue weighted by Crippen LogP contribution is 2.31. The van der Waals surface area contributed by atoms with Gasteiger partial charge in [0.15, 0.2) is 0 Å². The monoisotopic (exact) mass is 400 g/mol. The summed E-state index contributed by atoms with van der Waals surface area (Å²) in [5.74, 6) is 0.0325. The Balaban J connectivity index is 1.34. The van der Waals surface area contributed by atoms with Gasteiger partial charge in [-0.25, -0.2) is 0 Å². The first-order valence-electron chi connectivity index (χ1n) is 9.78. The first kappa shape index (κ1) is 19.3. The van der Waals surface area contributed by atoms with Crippen LogP contribution in [0.1, 0.15) is 23.1 Å². The van der Waals surface area contributed by atoms with E-state index in [1.807, 2.05) is 30.5 Å². The summed E-state index contributed by atoms with van der Waals surface area (Å²) in [4.78, 5) is 18.0. The fraction of sp³-hybridized carbons (Fsp3) is 0.160. The Bertz CT molecular complexity index is 1150. The average Bonchev–Trinajstić information content (AvgIpc) is 3.13. The maximum Gasteiger partial charge on any atom is 0.224 e. The second kappa shape index (κ2) is 8.58. The number of hydrogen-bond donors (Lipinski definition) is 2. The number of anilines is 1. The largest absolute Gasteiger partial charge is 0.361 e. The van der Waals surface area contributed by atoms with E-state index in [1.54, 1.807) is 11.8 Å². The third kappa shape index (κ3) is 4.72. The summed E-state index contributed by atoms with van der Waals surface area (Å²) in [6.45, 7) is 4.25. The Hall–Kier alpha value is -2.98. The number of fused-ring (bicyclic) bond motifs is 1. The van der Waals surface area contributed by atoms with E-state index in [4.69, 9.17) is 0 Å². The van der Waals surface area contributed by atoms with Gasteiger partial charge in [0.05, 0.1) is 0 Å². The predicted molar refractivity (Wildman–Crippen MR) is 122 cm³/mol. The number of aromatic amines is 1. The van der Waals surface area contributed by atoms with Crippen molar-refractivity contribution in [2.24, 2.45) is 0 Å². The van der Waals surface area contributed by atoms with Crippen LogP contribution >= 0.6 is 11.8 Å². The Morgan fingerprint density at radius 1 is 1.00 bits per heavy atom. The summed E-state index contributed by atoms with van der Waals surface area (Å²) in [5.41, 5.74) is 5.68. The van der Waals surface area contributed by atoms with Crippen LogP contribution < -0.4 is 5.32 Å². The van der Waals surface area contributed by atoms with Gasteiger partial charge in [-0.1, -0.05) is 47.7 Å². The maximum atomic E-state index is 12.4. The summed E-state index contributed by atoms with van der Waals surface area (Å²) in [5, 5.41) is 4.19. The normalized spacial score (nSPS) is 11.0. The highest BCUT2D eigenvalue weighted by molar-refractivity contribution is 7.99. The summed E-state index contributed by atoms with van der Waals surface area (Å²) >= 11 is 1.74. The summed E-state index contributed by atoms with van der Waals surface area (Å²) < 4.78 is 0. The number of hydrogen-bond acceptors (Lipinski definition) is 2. The van der Waals surface area contributed by atoms with Gasteiger partial charge in [-0.05, 0) is 67.8 Å². The molecule has 2 N–H and O–H groups in total. The molecule has 0 spiro atoms. The lowest BCUT2D eigenvalue weighted by Gasteiger charge is -2.08. The van der Waals surface area contributed by atoms with E-state index in [0.29, 0.717) is 6.42 Å². The molecule has 1 heterocycles. The second-order valence-corrected chi connectivity index (χ2v) is 8.42. The van der Waals surface area contributed by atoms with Crippen molar-refractivity contribution in [1.29, 1.82) is 0 Å². The number of nitrogens with one attached hydrogen (secondary N) is 2. The van der Waals surface area contributed by atoms with Crippen LogP contribution in [0.15, 0.2) is 82.7 Å². The molecule has 0 aliphatic heterocycles. The highest BCUT2D eigenvalue weighted by Gasteiger charge is 2.08. The predicted octanol–water partition coefficient (Wildman–Crippen LogP) is 6.51. The third-order valence-corrected chi connectivity index (χ3v) is 6.18. The van der Waals surface area contributed by atoms with E-state index in [0.717, 1.165) is 22.5 Å². The van der Waals surface area contributed by atoms with Crippen molar-refractivity contribution in [1.82, 2.24) is 4.98 Å². The van der Waals surface area contributed by atoms with Crippen molar-refractivity contribution in [2.75, 3.05) is 5.32 Å². The van der Waals surface area contributed by atoms with Crippen molar-refractivity contribution in [3.8, 4) is 0 Å². The molecular weight excluding hydrogens is 376 g/mol. The molecule has 1 amide bonds. The van der Waals surface area contributed by atoms with Crippen molar-refractivity contribution < 1.29 is 4.79 Å². The molecule has 3 nitrogen and oxygen atoms in total. The van der Waals surface area contributed by atoms with Crippen LogP contribution in [0.5, 0.6) is 0 Å². The average molecular weight is 401 g/mol. The van der Waals surface area contributed by atoms with Crippen molar-refractivity contribution >= 4 is 34.3 Å². The number of aryl methyl sites for hydroxylation is 3. The lowest BCUT2D eigenvalue weighted by Crippen LogP contribution is -2.12. The number of benzene rings is 3. The SMILES string of the molecule is Cc1ccc(Sc2ccc(NC(=O)CCc3c[nH]c4ccccc34)cc2)c(C)c1. The van der Waals surface area contributed by atoms with E-state index >= 15 is 0 Å². The number of H-pyrrole nitrogens is 1. The van der Waals surface area contributed by atoms with Crippen LogP contribution in [0.4, 0.5) is 5.69 Å². The van der Waals surface area contributed by atoms with Crippen LogP contribution in [0.2, 0.25) is 0 Å². The van der Waals surface area contributed by atoms with Gasteiger partial charge in [0.2, 0.25) is 5.91 Å². The number of para-hydroxylation sites is 1. The van der Waals surface area contributed by atoms with Gasteiger partial charge in [-0.2, -0.15) is 0 Å². The molecule has 29 heavy (non-hydrogen) atoms. The van der Waals surface area contributed by atoms with Crippen LogP contribution in [0.3, 0.4) is 0 Å². The van der Waals surface area contributed by atoms with Crippen LogP contribution in [0, 0.1) is 13.8 Å². The number of amides is 1. The number of rotatable bonds is 6. The van der Waals surface area contributed by atoms with Gasteiger partial charge in [-0.3, -0.25) is 4.79 Å². The van der Waals surface area contributed by atoms with Crippen LogP contribution in [-0.4, -0.2) is 10.9 Å². The molecule has 4 heteroatoms. The lowest BCUT2D eigenvalue weighted by molar-refractivity contribution is -0.116. The number of aromatic nitrogens is 1. The summed E-state index contributed by atoms with van der Waals surface area (Å²) in [6, 6.07) is 22.7. The minimum atomic E-state index is 0.0325. The molecule has 0 unspecified atom stereocenters. The Morgan fingerprint density at radius 3 is 2.59 bits per heavy atom. The van der Waals surface area contributed by atoms with Crippen LogP contribution in [0.25, 0.3) is 10.9 Å². The molecule has 0 aliphatic carbocycles. The summed E-state index contributed by atoms with van der Waals surface area (Å²) in [7, 11) is 0. The van der Waals surface area contributed by atoms with E-state index < -0.39 is 0 Å². The van der Waals surface area contributed by atoms with Gasteiger partial charge in [0.1, 0.15) is 0 Å². The van der Waals surface area contributed by atoms with E-state index in [9.17, 15) is 4.79 Å². The van der Waals surface area contributed by atoms with Gasteiger partial charge < -0.3 is 10.3 Å². The summed E-state index contributed by atoms with van der Waals surface area (Å²) in [6.07, 6.45) is 3.18. The molecule has 0 radical (unpaired) electrons. The fourth-order valence-corrected chi connectivity index (χ4v) is 4.34. The van der Waals surface area contributed by atoms with Gasteiger partial charge in [0.25, 0.3) is 0 Å². The van der Waals surface area contributed by atoms with E-state index in [-0.39, 0.29) is 5.91 Å². The fourth-order valence-electron chi connectivity index (χ4n) is 3.46. The lowest BCUT2D eigenvalue weighted by atomic mass is 10.1. The topological polar surface area (TPSA) is 44.9 Å². The van der Waals surface area contributed by atoms with Crippen molar-refractivity contribution in [3.05, 3.63) is 89.6 Å².